The van der Waals surface area contributed by atoms with Gasteiger partial charge in [-0.25, -0.2) is 4.79 Å². The van der Waals surface area contributed by atoms with Crippen LogP contribution < -0.4 is 5.32 Å². The molecule has 1 fully saturated rings. The highest BCUT2D eigenvalue weighted by Gasteiger charge is 2.42. The van der Waals surface area contributed by atoms with Gasteiger partial charge in [-0.05, 0) is 49.8 Å². The van der Waals surface area contributed by atoms with E-state index in [2.05, 4.69) is 12.2 Å². The molecule has 0 aromatic heterocycles. The molecule has 0 saturated heterocycles. The fraction of sp³-hybridized carbons (Fsp3) is 0.467. The van der Waals surface area contributed by atoms with Gasteiger partial charge >= 0.3 is 5.97 Å². The summed E-state index contributed by atoms with van der Waals surface area (Å²) in [6, 6.07) is 3.56. The number of carboxylic acids is 1. The number of phenols is 2. The first kappa shape index (κ1) is 15.2. The lowest BCUT2D eigenvalue weighted by atomic mass is 9.77. The van der Waals surface area contributed by atoms with Gasteiger partial charge in [0.2, 0.25) is 0 Å². The third-order valence-electron chi connectivity index (χ3n) is 4.11. The third kappa shape index (κ3) is 3.09. The van der Waals surface area contributed by atoms with Crippen LogP contribution in [-0.4, -0.2) is 32.7 Å². The Bertz CT molecular complexity index is 561. The molecule has 0 aliphatic heterocycles. The highest BCUT2D eigenvalue weighted by atomic mass is 16.4. The van der Waals surface area contributed by atoms with Crippen LogP contribution in [0.2, 0.25) is 0 Å². The fourth-order valence-electron chi connectivity index (χ4n) is 2.64. The quantitative estimate of drug-likeness (QED) is 0.636. The fourth-order valence-corrected chi connectivity index (χ4v) is 2.64. The standard InChI is InChI=1S/C15H19NO5/c1-9-4-6-15(7-5-9,14(20)21)16-13(19)11-8-10(17)2-3-12(11)18/h2-3,8-9,17-18H,4-7H2,1H3,(H,16,19)(H,20,21). The smallest absolute Gasteiger partial charge is 0.329 e. The van der Waals surface area contributed by atoms with E-state index in [1.54, 1.807) is 0 Å². The molecule has 114 valence electrons. The zero-order chi connectivity index (χ0) is 15.6. The highest BCUT2D eigenvalue weighted by molar-refractivity contribution is 6.00. The maximum Gasteiger partial charge on any atom is 0.329 e. The maximum atomic E-state index is 12.2. The third-order valence-corrected chi connectivity index (χ3v) is 4.11. The SMILES string of the molecule is CC1CCC(NC(=O)c2cc(O)ccc2O)(C(=O)O)CC1. The predicted octanol–water partition coefficient (Wildman–Crippen LogP) is 1.86. The molecule has 1 aliphatic carbocycles. The Hall–Kier alpha value is -2.24. The number of aromatic hydroxyl groups is 2. The van der Waals surface area contributed by atoms with Crippen LogP contribution in [-0.2, 0) is 4.79 Å². The Morgan fingerprint density at radius 3 is 2.43 bits per heavy atom. The van der Waals surface area contributed by atoms with Crippen molar-refractivity contribution in [2.75, 3.05) is 0 Å². The Morgan fingerprint density at radius 2 is 1.86 bits per heavy atom. The molecule has 6 heteroatoms. The Kier molecular flexibility index (Phi) is 4.06. The van der Waals surface area contributed by atoms with Crippen molar-refractivity contribution in [3.05, 3.63) is 23.8 Å². The minimum Gasteiger partial charge on any atom is -0.508 e. The highest BCUT2D eigenvalue weighted by Crippen LogP contribution is 2.33. The summed E-state index contributed by atoms with van der Waals surface area (Å²) < 4.78 is 0. The molecule has 0 atom stereocenters. The molecule has 0 heterocycles. The van der Waals surface area contributed by atoms with E-state index >= 15 is 0 Å². The summed E-state index contributed by atoms with van der Waals surface area (Å²) in [6.45, 7) is 2.05. The molecule has 1 saturated carbocycles. The van der Waals surface area contributed by atoms with Crippen LogP contribution in [0.3, 0.4) is 0 Å². The Morgan fingerprint density at radius 1 is 1.24 bits per heavy atom. The second kappa shape index (κ2) is 5.63. The van der Waals surface area contributed by atoms with E-state index in [9.17, 15) is 24.9 Å². The van der Waals surface area contributed by atoms with E-state index in [0.29, 0.717) is 18.8 Å². The molecule has 0 spiro atoms. The molecule has 1 amide bonds. The van der Waals surface area contributed by atoms with Gasteiger partial charge in [0.05, 0.1) is 5.56 Å². The van der Waals surface area contributed by atoms with Gasteiger partial charge in [0.25, 0.3) is 5.91 Å². The molecule has 0 unspecified atom stereocenters. The van der Waals surface area contributed by atoms with Crippen molar-refractivity contribution < 1.29 is 24.9 Å². The number of aliphatic carboxylic acids is 1. The average Bonchev–Trinajstić information content (AvgIpc) is 2.44. The van der Waals surface area contributed by atoms with Crippen LogP contribution in [0.1, 0.15) is 43.0 Å². The van der Waals surface area contributed by atoms with Crippen LogP contribution >= 0.6 is 0 Å². The van der Waals surface area contributed by atoms with Crippen molar-refractivity contribution in [1.29, 1.82) is 0 Å². The van der Waals surface area contributed by atoms with Gasteiger partial charge in [-0.3, -0.25) is 4.79 Å². The summed E-state index contributed by atoms with van der Waals surface area (Å²) >= 11 is 0. The average molecular weight is 293 g/mol. The van der Waals surface area contributed by atoms with Gasteiger partial charge in [0.15, 0.2) is 0 Å². The van der Waals surface area contributed by atoms with Crippen LogP contribution in [0, 0.1) is 5.92 Å². The Labute approximate surface area is 122 Å². The van der Waals surface area contributed by atoms with E-state index in [1.807, 2.05) is 0 Å². The molecule has 0 radical (unpaired) electrons. The summed E-state index contributed by atoms with van der Waals surface area (Å²) in [6.07, 6.45) is 2.15. The summed E-state index contributed by atoms with van der Waals surface area (Å²) in [5, 5.41) is 31.1. The minimum atomic E-state index is -1.30. The monoisotopic (exact) mass is 293 g/mol. The first-order valence-corrected chi connectivity index (χ1v) is 6.92. The van der Waals surface area contributed by atoms with Crippen molar-refractivity contribution in [3.8, 4) is 11.5 Å². The predicted molar refractivity (Wildman–Crippen MR) is 75.2 cm³/mol. The van der Waals surface area contributed by atoms with E-state index in [-0.39, 0.29) is 17.1 Å². The molecular weight excluding hydrogens is 274 g/mol. The molecule has 1 aromatic rings. The molecule has 21 heavy (non-hydrogen) atoms. The molecular formula is C15H19NO5. The van der Waals surface area contributed by atoms with E-state index < -0.39 is 17.4 Å². The maximum absolute atomic E-state index is 12.2. The summed E-state index contributed by atoms with van der Waals surface area (Å²) in [5.74, 6) is -1.79. The molecule has 1 aromatic carbocycles. The van der Waals surface area contributed by atoms with Crippen molar-refractivity contribution >= 4 is 11.9 Å². The number of phenolic OH excluding ortho intramolecular Hbond substituents is 2. The summed E-state index contributed by atoms with van der Waals surface area (Å²) in [7, 11) is 0. The van der Waals surface area contributed by atoms with Crippen LogP contribution in [0.5, 0.6) is 11.5 Å². The lowest BCUT2D eigenvalue weighted by molar-refractivity contribution is -0.146. The van der Waals surface area contributed by atoms with E-state index in [0.717, 1.165) is 18.9 Å². The van der Waals surface area contributed by atoms with Gasteiger partial charge in [-0.2, -0.15) is 0 Å². The summed E-state index contributed by atoms with van der Waals surface area (Å²) in [4.78, 5) is 23.8. The number of amides is 1. The zero-order valence-corrected chi connectivity index (χ0v) is 11.8. The number of carbonyl (C=O) groups excluding carboxylic acids is 1. The van der Waals surface area contributed by atoms with Crippen LogP contribution in [0.4, 0.5) is 0 Å². The number of hydrogen-bond donors (Lipinski definition) is 4. The minimum absolute atomic E-state index is 0.130. The first-order valence-electron chi connectivity index (χ1n) is 6.92. The first-order chi connectivity index (χ1) is 9.84. The largest absolute Gasteiger partial charge is 0.508 e. The van der Waals surface area contributed by atoms with Crippen molar-refractivity contribution in [3.63, 3.8) is 0 Å². The lowest BCUT2D eigenvalue weighted by Crippen LogP contribution is -2.56. The van der Waals surface area contributed by atoms with Crippen LogP contribution in [0.25, 0.3) is 0 Å². The molecule has 0 bridgehead atoms. The van der Waals surface area contributed by atoms with E-state index in [1.165, 1.54) is 12.1 Å². The van der Waals surface area contributed by atoms with Crippen molar-refractivity contribution in [2.45, 2.75) is 38.1 Å². The topological polar surface area (TPSA) is 107 Å². The second-order valence-corrected chi connectivity index (χ2v) is 5.73. The number of nitrogens with one attached hydrogen (secondary N) is 1. The van der Waals surface area contributed by atoms with Crippen molar-refractivity contribution in [1.82, 2.24) is 5.32 Å². The normalized spacial score (nSPS) is 25.3. The number of benzene rings is 1. The molecule has 6 nitrogen and oxygen atoms in total. The zero-order valence-electron chi connectivity index (χ0n) is 11.8. The van der Waals surface area contributed by atoms with Gasteiger partial charge in [0.1, 0.15) is 17.0 Å². The van der Waals surface area contributed by atoms with E-state index in [4.69, 9.17) is 0 Å². The van der Waals surface area contributed by atoms with Gasteiger partial charge < -0.3 is 20.6 Å². The number of rotatable bonds is 3. The summed E-state index contributed by atoms with van der Waals surface area (Å²) in [5.41, 5.74) is -1.43. The second-order valence-electron chi connectivity index (χ2n) is 5.73. The molecule has 2 rings (SSSR count). The number of hydrogen-bond acceptors (Lipinski definition) is 4. The van der Waals surface area contributed by atoms with Crippen molar-refractivity contribution in [2.24, 2.45) is 5.92 Å². The Balaban J connectivity index is 2.23. The number of carbonyl (C=O) groups is 2. The number of carboxylic acid groups (broad SMARTS) is 1. The van der Waals surface area contributed by atoms with Gasteiger partial charge in [0, 0.05) is 0 Å². The molecule has 1 aliphatic rings. The lowest BCUT2D eigenvalue weighted by Gasteiger charge is -2.36. The van der Waals surface area contributed by atoms with Gasteiger partial charge in [-0.15, -0.1) is 0 Å². The molecule has 4 N–H and O–H groups in total. The van der Waals surface area contributed by atoms with Crippen LogP contribution in [0.15, 0.2) is 18.2 Å². The van der Waals surface area contributed by atoms with Gasteiger partial charge in [-0.1, -0.05) is 6.92 Å².